The van der Waals surface area contributed by atoms with E-state index in [0.29, 0.717) is 23.9 Å². The number of methoxy groups -OCH3 is 1. The highest BCUT2D eigenvalue weighted by molar-refractivity contribution is 6.30. The Morgan fingerprint density at radius 3 is 2.71 bits per heavy atom. The summed E-state index contributed by atoms with van der Waals surface area (Å²) >= 11 is 6.13. The predicted molar refractivity (Wildman–Crippen MR) is 83.0 cm³/mol. The highest BCUT2D eigenvalue weighted by atomic mass is 35.5. The normalized spacial score (nSPS) is 10.9. The van der Waals surface area contributed by atoms with Gasteiger partial charge in [-0.3, -0.25) is 0 Å². The Balaban J connectivity index is 2.13. The summed E-state index contributed by atoms with van der Waals surface area (Å²) in [6, 6.07) is 7.44. The first-order valence-corrected chi connectivity index (χ1v) is 7.24. The van der Waals surface area contributed by atoms with Crippen LogP contribution in [-0.2, 0) is 13.1 Å². The van der Waals surface area contributed by atoms with Gasteiger partial charge in [-0.1, -0.05) is 11.6 Å². The summed E-state index contributed by atoms with van der Waals surface area (Å²) in [5.74, 6) is 2.25. The molecule has 0 unspecified atom stereocenters. The summed E-state index contributed by atoms with van der Waals surface area (Å²) in [5, 5.41) is 3.93. The van der Waals surface area contributed by atoms with Gasteiger partial charge in [0, 0.05) is 23.2 Å². The molecule has 4 nitrogen and oxygen atoms in total. The second kappa shape index (κ2) is 7.38. The van der Waals surface area contributed by atoms with Gasteiger partial charge in [-0.15, -0.1) is 0 Å². The quantitative estimate of drug-likeness (QED) is 0.839. The van der Waals surface area contributed by atoms with Crippen molar-refractivity contribution in [2.24, 2.45) is 0 Å². The van der Waals surface area contributed by atoms with Crippen LogP contribution >= 0.6 is 11.6 Å². The summed E-state index contributed by atoms with van der Waals surface area (Å²) < 4.78 is 16.5. The number of benzene rings is 1. The third-order valence-electron chi connectivity index (χ3n) is 2.86. The summed E-state index contributed by atoms with van der Waals surface area (Å²) in [4.78, 5) is 0. The van der Waals surface area contributed by atoms with Gasteiger partial charge in [-0.2, -0.15) is 0 Å². The van der Waals surface area contributed by atoms with Gasteiger partial charge in [-0.05, 0) is 32.0 Å². The molecule has 0 radical (unpaired) electrons. The average Bonchev–Trinajstić information content (AvgIpc) is 2.94. The standard InChI is InChI=1S/C16H20ClNO3/c1-11(2)21-16-12(7-13(17)8-15(16)19-3)9-18-10-14-5-4-6-20-14/h4-8,11,18H,9-10H2,1-3H3. The van der Waals surface area contributed by atoms with Crippen LogP contribution in [0.25, 0.3) is 0 Å². The van der Waals surface area contributed by atoms with Gasteiger partial charge in [0.25, 0.3) is 0 Å². The number of rotatable bonds is 7. The van der Waals surface area contributed by atoms with Crippen molar-refractivity contribution in [3.05, 3.63) is 46.9 Å². The van der Waals surface area contributed by atoms with Crippen molar-refractivity contribution in [1.29, 1.82) is 0 Å². The van der Waals surface area contributed by atoms with Crippen LogP contribution in [-0.4, -0.2) is 13.2 Å². The molecular formula is C16H20ClNO3. The highest BCUT2D eigenvalue weighted by Gasteiger charge is 2.14. The molecule has 0 spiro atoms. The molecule has 0 bridgehead atoms. The lowest BCUT2D eigenvalue weighted by Gasteiger charge is -2.18. The number of furan rings is 1. The minimum Gasteiger partial charge on any atom is -0.493 e. The van der Waals surface area contributed by atoms with Crippen molar-refractivity contribution < 1.29 is 13.9 Å². The van der Waals surface area contributed by atoms with E-state index in [1.165, 1.54) is 0 Å². The summed E-state index contributed by atoms with van der Waals surface area (Å²) in [7, 11) is 1.61. The van der Waals surface area contributed by atoms with Gasteiger partial charge in [-0.25, -0.2) is 0 Å². The molecule has 0 fully saturated rings. The molecule has 1 heterocycles. The first kappa shape index (κ1) is 15.7. The van der Waals surface area contributed by atoms with Crippen molar-refractivity contribution in [2.75, 3.05) is 7.11 Å². The lowest BCUT2D eigenvalue weighted by atomic mass is 10.1. The lowest BCUT2D eigenvalue weighted by Crippen LogP contribution is -2.15. The Morgan fingerprint density at radius 2 is 2.10 bits per heavy atom. The molecule has 5 heteroatoms. The van der Waals surface area contributed by atoms with Gasteiger partial charge in [0.2, 0.25) is 0 Å². The van der Waals surface area contributed by atoms with E-state index in [4.69, 9.17) is 25.5 Å². The fourth-order valence-corrected chi connectivity index (χ4v) is 2.24. The van der Waals surface area contributed by atoms with Crippen LogP contribution in [0, 0.1) is 0 Å². The fraction of sp³-hybridized carbons (Fsp3) is 0.375. The summed E-state index contributed by atoms with van der Waals surface area (Å²) in [5.41, 5.74) is 0.958. The predicted octanol–water partition coefficient (Wildman–Crippen LogP) is 4.02. The first-order chi connectivity index (χ1) is 10.1. The van der Waals surface area contributed by atoms with E-state index in [1.807, 2.05) is 32.0 Å². The summed E-state index contributed by atoms with van der Waals surface area (Å²) in [6.45, 7) is 5.21. The maximum atomic E-state index is 6.13. The minimum absolute atomic E-state index is 0.0592. The Bertz CT molecular complexity index is 567. The molecule has 1 N–H and O–H groups in total. The molecule has 0 amide bonds. The van der Waals surface area contributed by atoms with E-state index >= 15 is 0 Å². The molecular weight excluding hydrogens is 290 g/mol. The van der Waals surface area contributed by atoms with Crippen LogP contribution in [0.4, 0.5) is 0 Å². The maximum Gasteiger partial charge on any atom is 0.166 e. The van der Waals surface area contributed by atoms with Gasteiger partial charge < -0.3 is 19.2 Å². The van der Waals surface area contributed by atoms with E-state index < -0.39 is 0 Å². The molecule has 21 heavy (non-hydrogen) atoms. The second-order valence-electron chi connectivity index (χ2n) is 4.95. The van der Waals surface area contributed by atoms with Crippen LogP contribution in [0.5, 0.6) is 11.5 Å². The zero-order valence-corrected chi connectivity index (χ0v) is 13.2. The molecule has 1 aromatic heterocycles. The maximum absolute atomic E-state index is 6.13. The fourth-order valence-electron chi connectivity index (χ4n) is 2.01. The minimum atomic E-state index is 0.0592. The highest BCUT2D eigenvalue weighted by Crippen LogP contribution is 2.35. The lowest BCUT2D eigenvalue weighted by molar-refractivity contribution is 0.227. The van der Waals surface area contributed by atoms with Gasteiger partial charge in [0.1, 0.15) is 5.76 Å². The van der Waals surface area contributed by atoms with Gasteiger partial charge in [0.15, 0.2) is 11.5 Å². The Labute approximate surface area is 130 Å². The van der Waals surface area contributed by atoms with E-state index in [0.717, 1.165) is 17.1 Å². The second-order valence-corrected chi connectivity index (χ2v) is 5.38. The van der Waals surface area contributed by atoms with E-state index in [2.05, 4.69) is 5.32 Å². The Hall–Kier alpha value is -1.65. The third kappa shape index (κ3) is 4.41. The molecule has 0 saturated heterocycles. The summed E-state index contributed by atoms with van der Waals surface area (Å²) in [6.07, 6.45) is 1.72. The third-order valence-corrected chi connectivity index (χ3v) is 3.08. The molecule has 2 aromatic rings. The molecule has 0 aliphatic heterocycles. The van der Waals surface area contributed by atoms with E-state index in [9.17, 15) is 0 Å². The molecule has 0 atom stereocenters. The van der Waals surface area contributed by atoms with Crippen LogP contribution in [0.2, 0.25) is 5.02 Å². The smallest absolute Gasteiger partial charge is 0.166 e. The topological polar surface area (TPSA) is 43.6 Å². The number of ether oxygens (including phenoxy) is 2. The molecule has 2 rings (SSSR count). The molecule has 0 aliphatic carbocycles. The Morgan fingerprint density at radius 1 is 1.29 bits per heavy atom. The average molecular weight is 310 g/mol. The van der Waals surface area contributed by atoms with Crippen LogP contribution in [0.15, 0.2) is 34.9 Å². The van der Waals surface area contributed by atoms with E-state index in [-0.39, 0.29) is 6.10 Å². The Kier molecular flexibility index (Phi) is 5.53. The van der Waals surface area contributed by atoms with Crippen molar-refractivity contribution in [2.45, 2.75) is 33.0 Å². The van der Waals surface area contributed by atoms with Crippen molar-refractivity contribution >= 4 is 11.6 Å². The van der Waals surface area contributed by atoms with Gasteiger partial charge in [0.05, 0.1) is 26.0 Å². The van der Waals surface area contributed by atoms with Crippen molar-refractivity contribution in [1.82, 2.24) is 5.32 Å². The number of hydrogen-bond donors (Lipinski definition) is 1. The van der Waals surface area contributed by atoms with Crippen molar-refractivity contribution in [3.63, 3.8) is 0 Å². The SMILES string of the molecule is COc1cc(Cl)cc(CNCc2ccco2)c1OC(C)C. The van der Waals surface area contributed by atoms with Crippen LogP contribution in [0.3, 0.4) is 0 Å². The zero-order valence-electron chi connectivity index (χ0n) is 12.5. The molecule has 0 saturated carbocycles. The monoisotopic (exact) mass is 309 g/mol. The first-order valence-electron chi connectivity index (χ1n) is 6.86. The molecule has 0 aliphatic rings. The van der Waals surface area contributed by atoms with Crippen molar-refractivity contribution in [3.8, 4) is 11.5 Å². The van der Waals surface area contributed by atoms with Crippen LogP contribution in [0.1, 0.15) is 25.2 Å². The zero-order chi connectivity index (χ0) is 15.2. The number of hydrogen-bond acceptors (Lipinski definition) is 4. The van der Waals surface area contributed by atoms with E-state index in [1.54, 1.807) is 19.4 Å². The number of nitrogens with one attached hydrogen (secondary N) is 1. The molecule has 1 aromatic carbocycles. The van der Waals surface area contributed by atoms with Gasteiger partial charge >= 0.3 is 0 Å². The van der Waals surface area contributed by atoms with Crippen LogP contribution < -0.4 is 14.8 Å². The largest absolute Gasteiger partial charge is 0.493 e. The molecule has 114 valence electrons. The number of halogens is 1.